The van der Waals surface area contributed by atoms with Crippen LogP contribution in [0.1, 0.15) is 31.4 Å². The van der Waals surface area contributed by atoms with Crippen molar-refractivity contribution < 1.29 is 4.79 Å². The molecule has 0 saturated heterocycles. The van der Waals surface area contributed by atoms with Gasteiger partial charge in [-0.2, -0.15) is 0 Å². The van der Waals surface area contributed by atoms with Gasteiger partial charge in [-0.05, 0) is 17.9 Å². The Hall–Kier alpha value is -1.35. The molecule has 2 rings (SSSR count). The van der Waals surface area contributed by atoms with Crippen LogP contribution in [0.4, 0.5) is 0 Å². The second-order valence-corrected chi connectivity index (χ2v) is 4.41. The molecule has 3 nitrogen and oxygen atoms in total. The highest BCUT2D eigenvalue weighted by molar-refractivity contribution is 5.83. The van der Waals surface area contributed by atoms with E-state index in [0.717, 1.165) is 18.4 Å². The van der Waals surface area contributed by atoms with Crippen LogP contribution in [0.25, 0.3) is 0 Å². The first kappa shape index (κ1) is 11.1. The molecule has 3 N–H and O–H groups in total. The van der Waals surface area contributed by atoms with E-state index < -0.39 is 6.04 Å². The number of nitrogens with one attached hydrogen (secondary N) is 1. The van der Waals surface area contributed by atoms with Crippen molar-refractivity contribution in [2.24, 2.45) is 11.7 Å². The molecule has 1 aromatic rings. The fourth-order valence-electron chi connectivity index (χ4n) is 1.96. The average molecular weight is 218 g/mol. The molecule has 16 heavy (non-hydrogen) atoms. The number of amides is 1. The van der Waals surface area contributed by atoms with E-state index in [1.807, 2.05) is 30.3 Å². The summed E-state index contributed by atoms with van der Waals surface area (Å²) in [6.45, 7) is 2.15. The number of hydrogen-bond donors (Lipinski definition) is 2. The molecular formula is C13H18N2O. The smallest absolute Gasteiger partial charge is 0.241 e. The van der Waals surface area contributed by atoms with Crippen LogP contribution in [0.3, 0.4) is 0 Å². The van der Waals surface area contributed by atoms with Gasteiger partial charge in [-0.3, -0.25) is 4.79 Å². The summed E-state index contributed by atoms with van der Waals surface area (Å²) in [7, 11) is 0. The Labute approximate surface area is 96.0 Å². The Morgan fingerprint density at radius 3 is 2.75 bits per heavy atom. The predicted molar refractivity (Wildman–Crippen MR) is 63.7 cm³/mol. The molecule has 1 aromatic carbocycles. The Bertz CT molecular complexity index is 363. The third-order valence-corrected chi connectivity index (χ3v) is 3.22. The van der Waals surface area contributed by atoms with Crippen molar-refractivity contribution in [3.63, 3.8) is 0 Å². The van der Waals surface area contributed by atoms with Crippen LogP contribution < -0.4 is 11.1 Å². The normalized spacial score (nSPS) is 24.9. The number of carbonyl (C=O) groups is 1. The molecule has 3 heteroatoms. The Morgan fingerprint density at radius 1 is 1.50 bits per heavy atom. The lowest BCUT2D eigenvalue weighted by atomic mass is 10.1. The zero-order valence-corrected chi connectivity index (χ0v) is 9.52. The number of hydrogen-bond acceptors (Lipinski definition) is 2. The molecule has 1 amide bonds. The minimum absolute atomic E-state index is 0.0628. The largest absolute Gasteiger partial charge is 0.351 e. The Kier molecular flexibility index (Phi) is 3.25. The van der Waals surface area contributed by atoms with Crippen LogP contribution in [0.5, 0.6) is 0 Å². The van der Waals surface area contributed by atoms with Crippen LogP contribution >= 0.6 is 0 Å². The maximum atomic E-state index is 11.8. The second kappa shape index (κ2) is 4.66. The molecule has 1 saturated carbocycles. The standard InChI is InChI=1S/C13H18N2O/c1-2-9-8-11(9)15-13(16)12(14)10-6-4-3-5-7-10/h3-7,9,11-12H,2,8,14H2,1H3,(H,15,16)/t9?,11?,12-/m1/s1. The van der Waals surface area contributed by atoms with E-state index >= 15 is 0 Å². The van der Waals surface area contributed by atoms with Gasteiger partial charge in [0.15, 0.2) is 0 Å². The van der Waals surface area contributed by atoms with Crippen LogP contribution in [-0.2, 0) is 4.79 Å². The molecule has 2 unspecified atom stereocenters. The highest BCUT2D eigenvalue weighted by Crippen LogP contribution is 2.33. The molecule has 0 radical (unpaired) electrons. The zero-order chi connectivity index (χ0) is 11.5. The van der Waals surface area contributed by atoms with Gasteiger partial charge in [0.05, 0.1) is 0 Å². The highest BCUT2D eigenvalue weighted by Gasteiger charge is 2.37. The van der Waals surface area contributed by atoms with Gasteiger partial charge in [0, 0.05) is 6.04 Å². The summed E-state index contributed by atoms with van der Waals surface area (Å²) in [5.74, 6) is 0.596. The van der Waals surface area contributed by atoms with E-state index in [1.54, 1.807) is 0 Å². The van der Waals surface area contributed by atoms with E-state index in [0.29, 0.717) is 12.0 Å². The first-order chi connectivity index (χ1) is 7.72. The monoisotopic (exact) mass is 218 g/mol. The van der Waals surface area contributed by atoms with E-state index in [2.05, 4.69) is 12.2 Å². The van der Waals surface area contributed by atoms with Gasteiger partial charge < -0.3 is 11.1 Å². The first-order valence-electron chi connectivity index (χ1n) is 5.83. The van der Waals surface area contributed by atoms with Gasteiger partial charge in [0.1, 0.15) is 6.04 Å². The van der Waals surface area contributed by atoms with Crippen LogP contribution in [0, 0.1) is 5.92 Å². The van der Waals surface area contributed by atoms with Crippen LogP contribution in [-0.4, -0.2) is 11.9 Å². The van der Waals surface area contributed by atoms with Crippen molar-refractivity contribution in [3.8, 4) is 0 Å². The second-order valence-electron chi connectivity index (χ2n) is 4.41. The van der Waals surface area contributed by atoms with E-state index in [4.69, 9.17) is 5.73 Å². The summed E-state index contributed by atoms with van der Waals surface area (Å²) < 4.78 is 0. The molecule has 1 aliphatic rings. The van der Waals surface area contributed by atoms with Crippen molar-refractivity contribution in [2.75, 3.05) is 0 Å². The minimum atomic E-state index is -0.542. The van der Waals surface area contributed by atoms with Crippen molar-refractivity contribution in [3.05, 3.63) is 35.9 Å². The van der Waals surface area contributed by atoms with Gasteiger partial charge in [0.2, 0.25) is 5.91 Å². The van der Waals surface area contributed by atoms with Crippen molar-refractivity contribution in [2.45, 2.75) is 31.8 Å². The molecule has 86 valence electrons. The summed E-state index contributed by atoms with van der Waals surface area (Å²) in [6.07, 6.45) is 2.23. The first-order valence-corrected chi connectivity index (χ1v) is 5.83. The fraction of sp³-hybridized carbons (Fsp3) is 0.462. The van der Waals surface area contributed by atoms with Crippen LogP contribution in [0.15, 0.2) is 30.3 Å². The van der Waals surface area contributed by atoms with Gasteiger partial charge in [-0.15, -0.1) is 0 Å². The fourth-order valence-corrected chi connectivity index (χ4v) is 1.96. The molecule has 3 atom stereocenters. The number of benzene rings is 1. The molecule has 1 fully saturated rings. The molecular weight excluding hydrogens is 200 g/mol. The highest BCUT2D eigenvalue weighted by atomic mass is 16.2. The average Bonchev–Trinajstić information content (AvgIpc) is 3.07. The summed E-state index contributed by atoms with van der Waals surface area (Å²) in [5, 5.41) is 2.99. The van der Waals surface area contributed by atoms with Gasteiger partial charge in [0.25, 0.3) is 0 Å². The Balaban J connectivity index is 1.90. The predicted octanol–water partition coefficient (Wildman–Crippen LogP) is 1.60. The van der Waals surface area contributed by atoms with Gasteiger partial charge in [-0.25, -0.2) is 0 Å². The molecule has 0 heterocycles. The van der Waals surface area contributed by atoms with Crippen molar-refractivity contribution in [1.29, 1.82) is 0 Å². The molecule has 0 aromatic heterocycles. The molecule has 0 aliphatic heterocycles. The van der Waals surface area contributed by atoms with E-state index in [9.17, 15) is 4.79 Å². The number of rotatable bonds is 4. The lowest BCUT2D eigenvalue weighted by molar-refractivity contribution is -0.122. The summed E-state index contributed by atoms with van der Waals surface area (Å²) >= 11 is 0. The lowest BCUT2D eigenvalue weighted by Crippen LogP contribution is -2.36. The number of carbonyl (C=O) groups excluding carboxylic acids is 1. The van der Waals surface area contributed by atoms with E-state index in [1.165, 1.54) is 0 Å². The molecule has 0 spiro atoms. The topological polar surface area (TPSA) is 55.1 Å². The zero-order valence-electron chi connectivity index (χ0n) is 9.52. The Morgan fingerprint density at radius 2 is 2.19 bits per heavy atom. The summed E-state index contributed by atoms with van der Waals surface area (Å²) in [4.78, 5) is 11.8. The quantitative estimate of drug-likeness (QED) is 0.806. The van der Waals surface area contributed by atoms with E-state index in [-0.39, 0.29) is 5.91 Å². The lowest BCUT2D eigenvalue weighted by Gasteiger charge is -2.12. The number of nitrogens with two attached hydrogens (primary N) is 1. The van der Waals surface area contributed by atoms with Gasteiger partial charge >= 0.3 is 0 Å². The summed E-state index contributed by atoms with van der Waals surface area (Å²) in [5.41, 5.74) is 6.76. The third-order valence-electron chi connectivity index (χ3n) is 3.22. The van der Waals surface area contributed by atoms with Crippen LogP contribution in [0.2, 0.25) is 0 Å². The third kappa shape index (κ3) is 2.42. The maximum absolute atomic E-state index is 11.8. The minimum Gasteiger partial charge on any atom is -0.351 e. The maximum Gasteiger partial charge on any atom is 0.241 e. The van der Waals surface area contributed by atoms with Gasteiger partial charge in [-0.1, -0.05) is 43.7 Å². The van der Waals surface area contributed by atoms with Crippen molar-refractivity contribution in [1.82, 2.24) is 5.32 Å². The van der Waals surface area contributed by atoms with Crippen molar-refractivity contribution >= 4 is 5.91 Å². The molecule has 1 aliphatic carbocycles. The molecule has 0 bridgehead atoms. The SMILES string of the molecule is CCC1CC1NC(=O)[C@H](N)c1ccccc1. The summed E-state index contributed by atoms with van der Waals surface area (Å²) in [6, 6.07) is 9.29.